The van der Waals surface area contributed by atoms with E-state index in [2.05, 4.69) is 25.2 Å². The predicted octanol–water partition coefficient (Wildman–Crippen LogP) is 3.00. The Morgan fingerprint density at radius 1 is 1.12 bits per heavy atom. The van der Waals surface area contributed by atoms with Crippen molar-refractivity contribution in [3.05, 3.63) is 66.1 Å². The molecule has 0 unspecified atom stereocenters. The molecule has 2 N–H and O–H groups in total. The largest absolute Gasteiger partial charge is 0.357 e. The van der Waals surface area contributed by atoms with Crippen molar-refractivity contribution < 1.29 is 4.79 Å². The first kappa shape index (κ1) is 16.3. The average Bonchev–Trinajstić information content (AvgIpc) is 3.39. The van der Waals surface area contributed by atoms with Gasteiger partial charge in [0.05, 0.1) is 6.20 Å². The van der Waals surface area contributed by atoms with E-state index in [1.54, 1.807) is 12.4 Å². The number of anilines is 1. The smallest absolute Gasteiger partial charge is 0.269 e. The number of nitrogens with zero attached hydrogens (tertiary/aromatic N) is 3. The van der Waals surface area contributed by atoms with Crippen LogP contribution in [0.3, 0.4) is 0 Å². The number of rotatable bonds is 5. The second-order valence-electron chi connectivity index (χ2n) is 6.41. The highest BCUT2D eigenvalue weighted by Gasteiger charge is 2.14. The summed E-state index contributed by atoms with van der Waals surface area (Å²) in [6, 6.07) is 13.7. The van der Waals surface area contributed by atoms with Crippen LogP contribution < -0.4 is 10.2 Å². The summed E-state index contributed by atoms with van der Waals surface area (Å²) in [6.07, 6.45) is 5.80. The number of carbonyl (C=O) groups excluding carboxylic acids is 1. The molecule has 3 heterocycles. The maximum atomic E-state index is 12.4. The lowest BCUT2D eigenvalue weighted by Crippen LogP contribution is -2.24. The van der Waals surface area contributed by atoms with Gasteiger partial charge in [-0.25, -0.2) is 9.97 Å². The fourth-order valence-corrected chi connectivity index (χ4v) is 3.15. The van der Waals surface area contributed by atoms with E-state index >= 15 is 0 Å². The second-order valence-corrected chi connectivity index (χ2v) is 6.41. The summed E-state index contributed by atoms with van der Waals surface area (Å²) in [5.74, 6) is 1.51. The predicted molar refractivity (Wildman–Crippen MR) is 101 cm³/mol. The van der Waals surface area contributed by atoms with Crippen LogP contribution in [-0.2, 0) is 6.54 Å². The Bertz CT molecular complexity index is 884. The molecule has 0 radical (unpaired) electrons. The normalized spacial score (nSPS) is 13.8. The van der Waals surface area contributed by atoms with E-state index in [4.69, 9.17) is 0 Å². The minimum absolute atomic E-state index is 0.167. The first-order valence-corrected chi connectivity index (χ1v) is 8.88. The first-order valence-electron chi connectivity index (χ1n) is 8.88. The Hall–Kier alpha value is -3.15. The molecule has 6 nitrogen and oxygen atoms in total. The van der Waals surface area contributed by atoms with E-state index in [9.17, 15) is 4.79 Å². The van der Waals surface area contributed by atoms with E-state index in [1.807, 2.05) is 42.5 Å². The maximum absolute atomic E-state index is 12.4. The molecule has 0 bridgehead atoms. The highest BCUT2D eigenvalue weighted by molar-refractivity contribution is 5.92. The lowest BCUT2D eigenvalue weighted by atomic mass is 10.2. The molecular formula is C20H21N5O. The minimum atomic E-state index is -0.167. The maximum Gasteiger partial charge on any atom is 0.269 e. The molecule has 1 aliphatic rings. The average molecular weight is 347 g/mol. The highest BCUT2D eigenvalue weighted by atomic mass is 16.1. The van der Waals surface area contributed by atoms with E-state index in [0.29, 0.717) is 18.1 Å². The molecule has 4 rings (SSSR count). The van der Waals surface area contributed by atoms with Gasteiger partial charge in [0.1, 0.15) is 17.3 Å². The number of imidazole rings is 1. The van der Waals surface area contributed by atoms with Crippen molar-refractivity contribution in [2.45, 2.75) is 19.4 Å². The fraction of sp³-hybridized carbons (Fsp3) is 0.250. The van der Waals surface area contributed by atoms with Gasteiger partial charge in [-0.1, -0.05) is 30.3 Å². The third-order valence-corrected chi connectivity index (χ3v) is 4.56. The molecule has 6 heteroatoms. The fourth-order valence-electron chi connectivity index (χ4n) is 3.15. The van der Waals surface area contributed by atoms with E-state index in [0.717, 1.165) is 30.0 Å². The summed E-state index contributed by atoms with van der Waals surface area (Å²) in [7, 11) is 0. The van der Waals surface area contributed by atoms with Crippen LogP contribution in [0.25, 0.3) is 11.4 Å². The van der Waals surface area contributed by atoms with Gasteiger partial charge in [0.2, 0.25) is 0 Å². The number of aromatic amines is 1. The number of pyridine rings is 1. The van der Waals surface area contributed by atoms with Crippen LogP contribution in [0.1, 0.15) is 28.9 Å². The van der Waals surface area contributed by atoms with Crippen molar-refractivity contribution >= 4 is 11.7 Å². The van der Waals surface area contributed by atoms with Crippen molar-refractivity contribution in [3.8, 4) is 11.4 Å². The second kappa shape index (κ2) is 7.39. The zero-order chi connectivity index (χ0) is 17.8. The standard InChI is InChI=1S/C20H21N5O/c26-20(17-14-22-19(24-17)16-6-2-1-3-7-16)23-13-15-8-9-21-18(12-15)25-10-4-5-11-25/h1-3,6-9,12,14H,4-5,10-11,13H2,(H,22,24)(H,23,26). The van der Waals surface area contributed by atoms with Crippen molar-refractivity contribution in [1.29, 1.82) is 0 Å². The number of nitrogens with one attached hydrogen (secondary N) is 2. The number of hydrogen-bond acceptors (Lipinski definition) is 4. The zero-order valence-corrected chi connectivity index (χ0v) is 14.5. The quantitative estimate of drug-likeness (QED) is 0.744. The lowest BCUT2D eigenvalue weighted by Gasteiger charge is -2.16. The SMILES string of the molecule is O=C(NCc1ccnc(N2CCCC2)c1)c1cnc(-c2ccccc2)[nH]1. The number of amides is 1. The Kier molecular flexibility index (Phi) is 4.64. The topological polar surface area (TPSA) is 73.9 Å². The molecule has 132 valence electrons. The number of benzene rings is 1. The molecule has 1 amide bonds. The third-order valence-electron chi connectivity index (χ3n) is 4.56. The van der Waals surface area contributed by atoms with Gasteiger partial charge in [-0.05, 0) is 30.5 Å². The summed E-state index contributed by atoms with van der Waals surface area (Å²) >= 11 is 0. The van der Waals surface area contributed by atoms with Crippen molar-refractivity contribution in [3.63, 3.8) is 0 Å². The number of aromatic nitrogens is 3. The molecule has 1 aromatic carbocycles. The van der Waals surface area contributed by atoms with E-state index < -0.39 is 0 Å². The molecule has 0 aliphatic carbocycles. The monoisotopic (exact) mass is 347 g/mol. The molecule has 26 heavy (non-hydrogen) atoms. The van der Waals surface area contributed by atoms with Gasteiger partial charge in [0.25, 0.3) is 5.91 Å². The van der Waals surface area contributed by atoms with E-state index in [1.165, 1.54) is 12.8 Å². The molecule has 1 saturated heterocycles. The molecule has 2 aromatic heterocycles. The van der Waals surface area contributed by atoms with Gasteiger partial charge in [-0.15, -0.1) is 0 Å². The van der Waals surface area contributed by atoms with Gasteiger partial charge in [-0.3, -0.25) is 4.79 Å². The van der Waals surface area contributed by atoms with Crippen LogP contribution in [0.2, 0.25) is 0 Å². The van der Waals surface area contributed by atoms with Crippen LogP contribution in [-0.4, -0.2) is 33.9 Å². The van der Waals surface area contributed by atoms with Crippen molar-refractivity contribution in [1.82, 2.24) is 20.3 Å². The summed E-state index contributed by atoms with van der Waals surface area (Å²) < 4.78 is 0. The summed E-state index contributed by atoms with van der Waals surface area (Å²) in [5.41, 5.74) is 2.45. The Balaban J connectivity index is 1.40. The molecule has 0 spiro atoms. The van der Waals surface area contributed by atoms with Crippen LogP contribution in [0, 0.1) is 0 Å². The minimum Gasteiger partial charge on any atom is -0.357 e. The molecular weight excluding hydrogens is 326 g/mol. The highest BCUT2D eigenvalue weighted by Crippen LogP contribution is 2.18. The van der Waals surface area contributed by atoms with Crippen LogP contribution in [0.5, 0.6) is 0 Å². The number of hydrogen-bond donors (Lipinski definition) is 2. The molecule has 3 aromatic rings. The Morgan fingerprint density at radius 3 is 2.73 bits per heavy atom. The number of H-pyrrole nitrogens is 1. The van der Waals surface area contributed by atoms with Crippen molar-refractivity contribution in [2.75, 3.05) is 18.0 Å². The molecule has 0 saturated carbocycles. The van der Waals surface area contributed by atoms with Gasteiger partial charge in [-0.2, -0.15) is 0 Å². The summed E-state index contributed by atoms with van der Waals surface area (Å²) in [6.45, 7) is 2.57. The Labute approximate surface area is 152 Å². The van der Waals surface area contributed by atoms with Gasteiger partial charge in [0, 0.05) is 31.4 Å². The number of carbonyl (C=O) groups is 1. The first-order chi connectivity index (χ1) is 12.8. The zero-order valence-electron chi connectivity index (χ0n) is 14.5. The van der Waals surface area contributed by atoms with Crippen LogP contribution >= 0.6 is 0 Å². The van der Waals surface area contributed by atoms with Crippen LogP contribution in [0.15, 0.2) is 54.9 Å². The third kappa shape index (κ3) is 3.59. The lowest BCUT2D eigenvalue weighted by molar-refractivity contribution is 0.0946. The molecule has 0 atom stereocenters. The van der Waals surface area contributed by atoms with Gasteiger partial charge < -0.3 is 15.2 Å². The van der Waals surface area contributed by atoms with Crippen molar-refractivity contribution in [2.24, 2.45) is 0 Å². The summed E-state index contributed by atoms with van der Waals surface area (Å²) in [5, 5.41) is 2.94. The van der Waals surface area contributed by atoms with Crippen LogP contribution in [0.4, 0.5) is 5.82 Å². The summed E-state index contributed by atoms with van der Waals surface area (Å²) in [4.78, 5) is 26.5. The van der Waals surface area contributed by atoms with E-state index in [-0.39, 0.29) is 5.91 Å². The molecule has 1 fully saturated rings. The van der Waals surface area contributed by atoms with Gasteiger partial charge >= 0.3 is 0 Å². The van der Waals surface area contributed by atoms with Gasteiger partial charge in [0.15, 0.2) is 0 Å². The Morgan fingerprint density at radius 2 is 1.92 bits per heavy atom. The molecule has 1 aliphatic heterocycles.